The smallest absolute Gasteiger partial charge is 0.157 e. The van der Waals surface area contributed by atoms with E-state index in [0.717, 1.165) is 11.8 Å². The molecule has 0 bridgehead atoms. The van der Waals surface area contributed by atoms with E-state index < -0.39 is 0 Å². The van der Waals surface area contributed by atoms with Gasteiger partial charge in [-0.1, -0.05) is 13.0 Å². The van der Waals surface area contributed by atoms with Crippen LogP contribution in [-0.4, -0.2) is 16.5 Å². The van der Waals surface area contributed by atoms with Gasteiger partial charge in [-0.15, -0.1) is 0 Å². The lowest BCUT2D eigenvalue weighted by atomic mass is 9.98. The van der Waals surface area contributed by atoms with E-state index in [1.54, 1.807) is 6.07 Å². The van der Waals surface area contributed by atoms with Crippen LogP contribution in [0.2, 0.25) is 0 Å². The monoisotopic (exact) mass is 180 g/mol. The van der Waals surface area contributed by atoms with Crippen LogP contribution >= 0.6 is 0 Å². The summed E-state index contributed by atoms with van der Waals surface area (Å²) in [7, 11) is 0. The molecule has 1 rings (SSSR count). The molecule has 0 heterocycles. The summed E-state index contributed by atoms with van der Waals surface area (Å²) in [6.45, 7) is 1.89. The Labute approximate surface area is 76.6 Å². The molecule has 0 amide bonds. The Hall–Kier alpha value is -1.51. The third-order valence-electron chi connectivity index (χ3n) is 2.02. The lowest BCUT2D eigenvalue weighted by molar-refractivity contribution is -0.108. The number of hydrogen-bond donors (Lipinski definition) is 2. The third-order valence-corrected chi connectivity index (χ3v) is 2.02. The Bertz CT molecular complexity index is 307. The van der Waals surface area contributed by atoms with E-state index in [4.69, 9.17) is 5.11 Å². The van der Waals surface area contributed by atoms with E-state index in [1.807, 2.05) is 6.92 Å². The quantitative estimate of drug-likeness (QED) is 0.550. The van der Waals surface area contributed by atoms with Crippen LogP contribution in [0.25, 0.3) is 0 Å². The van der Waals surface area contributed by atoms with Crippen molar-refractivity contribution < 1.29 is 15.0 Å². The standard InChI is InChI=1S/C10H12O3/c1-7(4-5-11)8-2-3-9(12)10(13)6-8/h2-3,5-7,12-13H,4H2,1H3. The van der Waals surface area contributed by atoms with Gasteiger partial charge < -0.3 is 15.0 Å². The highest BCUT2D eigenvalue weighted by molar-refractivity contribution is 5.52. The summed E-state index contributed by atoms with van der Waals surface area (Å²) in [5.74, 6) is -0.207. The number of carbonyl (C=O) groups excluding carboxylic acids is 1. The van der Waals surface area contributed by atoms with Gasteiger partial charge in [0.05, 0.1) is 0 Å². The van der Waals surface area contributed by atoms with Crippen molar-refractivity contribution in [3.8, 4) is 11.5 Å². The molecule has 1 atom stereocenters. The van der Waals surface area contributed by atoms with Gasteiger partial charge in [0, 0.05) is 6.42 Å². The molecule has 0 fully saturated rings. The van der Waals surface area contributed by atoms with Crippen molar-refractivity contribution in [2.24, 2.45) is 0 Å². The van der Waals surface area contributed by atoms with E-state index in [9.17, 15) is 9.90 Å². The first-order valence-electron chi connectivity index (χ1n) is 4.10. The summed E-state index contributed by atoms with van der Waals surface area (Å²) in [5.41, 5.74) is 0.849. The molecule has 1 unspecified atom stereocenters. The minimum Gasteiger partial charge on any atom is -0.504 e. The van der Waals surface area contributed by atoms with Crippen molar-refractivity contribution in [2.75, 3.05) is 0 Å². The predicted octanol–water partition coefficient (Wildman–Crippen LogP) is 1.79. The predicted molar refractivity (Wildman–Crippen MR) is 48.9 cm³/mol. The van der Waals surface area contributed by atoms with Crippen molar-refractivity contribution in [3.63, 3.8) is 0 Å². The summed E-state index contributed by atoms with van der Waals surface area (Å²) in [5, 5.41) is 18.2. The van der Waals surface area contributed by atoms with Crippen LogP contribution in [0.1, 0.15) is 24.8 Å². The van der Waals surface area contributed by atoms with Crippen molar-refractivity contribution in [1.29, 1.82) is 0 Å². The highest BCUT2D eigenvalue weighted by Crippen LogP contribution is 2.29. The minimum absolute atomic E-state index is 0.0731. The first kappa shape index (κ1) is 9.58. The average molecular weight is 180 g/mol. The van der Waals surface area contributed by atoms with E-state index in [2.05, 4.69) is 0 Å². The van der Waals surface area contributed by atoms with Gasteiger partial charge >= 0.3 is 0 Å². The molecule has 0 saturated heterocycles. The number of carbonyl (C=O) groups is 1. The van der Waals surface area contributed by atoms with Crippen LogP contribution in [-0.2, 0) is 4.79 Å². The van der Waals surface area contributed by atoms with E-state index in [-0.39, 0.29) is 17.4 Å². The van der Waals surface area contributed by atoms with Gasteiger partial charge in [0.1, 0.15) is 6.29 Å². The molecule has 0 radical (unpaired) electrons. The van der Waals surface area contributed by atoms with Crippen LogP contribution in [0.15, 0.2) is 18.2 Å². The zero-order chi connectivity index (χ0) is 9.84. The number of benzene rings is 1. The van der Waals surface area contributed by atoms with Gasteiger partial charge in [-0.05, 0) is 23.6 Å². The maximum absolute atomic E-state index is 10.2. The fourth-order valence-corrected chi connectivity index (χ4v) is 1.13. The Morgan fingerprint density at radius 1 is 1.38 bits per heavy atom. The van der Waals surface area contributed by atoms with Gasteiger partial charge in [0.25, 0.3) is 0 Å². The molecule has 3 heteroatoms. The Morgan fingerprint density at radius 3 is 2.62 bits per heavy atom. The van der Waals surface area contributed by atoms with Crippen molar-refractivity contribution in [3.05, 3.63) is 23.8 Å². The molecule has 13 heavy (non-hydrogen) atoms. The first-order chi connectivity index (χ1) is 6.15. The molecule has 0 aromatic heterocycles. The van der Waals surface area contributed by atoms with Crippen LogP contribution in [0.3, 0.4) is 0 Å². The van der Waals surface area contributed by atoms with Gasteiger partial charge in [-0.25, -0.2) is 0 Å². The van der Waals surface area contributed by atoms with E-state index in [1.165, 1.54) is 12.1 Å². The normalized spacial score (nSPS) is 12.4. The molecule has 0 aliphatic carbocycles. The molecule has 1 aromatic carbocycles. The second-order valence-electron chi connectivity index (χ2n) is 3.05. The van der Waals surface area contributed by atoms with Gasteiger partial charge in [0.2, 0.25) is 0 Å². The number of aldehydes is 1. The summed E-state index contributed by atoms with van der Waals surface area (Å²) < 4.78 is 0. The number of phenolic OH excluding ortho intramolecular Hbond substituents is 2. The molecule has 0 aliphatic heterocycles. The fraction of sp³-hybridized carbons (Fsp3) is 0.300. The van der Waals surface area contributed by atoms with Crippen LogP contribution < -0.4 is 0 Å². The lowest BCUT2D eigenvalue weighted by Gasteiger charge is -2.08. The Balaban J connectivity index is 2.89. The highest BCUT2D eigenvalue weighted by Gasteiger charge is 2.07. The zero-order valence-corrected chi connectivity index (χ0v) is 7.40. The van der Waals surface area contributed by atoms with Crippen molar-refractivity contribution in [1.82, 2.24) is 0 Å². The second kappa shape index (κ2) is 3.94. The number of phenols is 2. The largest absolute Gasteiger partial charge is 0.504 e. The second-order valence-corrected chi connectivity index (χ2v) is 3.05. The first-order valence-corrected chi connectivity index (χ1v) is 4.10. The van der Waals surface area contributed by atoms with Crippen molar-refractivity contribution in [2.45, 2.75) is 19.3 Å². The van der Waals surface area contributed by atoms with E-state index >= 15 is 0 Å². The Morgan fingerprint density at radius 2 is 2.08 bits per heavy atom. The molecule has 0 aliphatic rings. The molecule has 0 spiro atoms. The molecule has 2 N–H and O–H groups in total. The van der Waals surface area contributed by atoms with Gasteiger partial charge in [0.15, 0.2) is 11.5 Å². The van der Waals surface area contributed by atoms with E-state index in [0.29, 0.717) is 6.42 Å². The summed E-state index contributed by atoms with van der Waals surface area (Å²) >= 11 is 0. The van der Waals surface area contributed by atoms with Crippen LogP contribution in [0.4, 0.5) is 0 Å². The molecular formula is C10H12O3. The molecule has 0 saturated carbocycles. The average Bonchev–Trinajstić information content (AvgIpc) is 2.10. The fourth-order valence-electron chi connectivity index (χ4n) is 1.13. The Kier molecular flexibility index (Phi) is 2.90. The summed E-state index contributed by atoms with van der Waals surface area (Å²) in [6.07, 6.45) is 1.26. The van der Waals surface area contributed by atoms with Crippen LogP contribution in [0, 0.1) is 0 Å². The number of aromatic hydroxyl groups is 2. The summed E-state index contributed by atoms with van der Waals surface area (Å²) in [6, 6.07) is 4.60. The molecule has 1 aromatic rings. The lowest BCUT2D eigenvalue weighted by Crippen LogP contribution is -1.93. The number of hydrogen-bond acceptors (Lipinski definition) is 3. The number of rotatable bonds is 3. The molecule has 70 valence electrons. The van der Waals surface area contributed by atoms with Crippen LogP contribution in [0.5, 0.6) is 11.5 Å². The topological polar surface area (TPSA) is 57.5 Å². The zero-order valence-electron chi connectivity index (χ0n) is 7.40. The van der Waals surface area contributed by atoms with Gasteiger partial charge in [-0.2, -0.15) is 0 Å². The highest BCUT2D eigenvalue weighted by atomic mass is 16.3. The minimum atomic E-state index is -0.143. The maximum atomic E-state index is 10.2. The third kappa shape index (κ3) is 2.21. The SMILES string of the molecule is CC(CC=O)c1ccc(O)c(O)c1. The van der Waals surface area contributed by atoms with Gasteiger partial charge in [-0.3, -0.25) is 0 Å². The molecule has 3 nitrogen and oxygen atoms in total. The molecular weight excluding hydrogens is 168 g/mol. The van der Waals surface area contributed by atoms with Crippen molar-refractivity contribution >= 4 is 6.29 Å². The maximum Gasteiger partial charge on any atom is 0.157 e. The summed E-state index contributed by atoms with van der Waals surface area (Å²) in [4.78, 5) is 10.2.